The van der Waals surface area contributed by atoms with Crippen LogP contribution in [0.15, 0.2) is 48.8 Å². The first-order valence-electron chi connectivity index (χ1n) is 9.90. The zero-order valence-electron chi connectivity index (χ0n) is 17.8. The van der Waals surface area contributed by atoms with Gasteiger partial charge in [0.2, 0.25) is 5.95 Å². The van der Waals surface area contributed by atoms with Crippen molar-refractivity contribution >= 4 is 17.5 Å². The Morgan fingerprint density at radius 1 is 1.12 bits per heavy atom. The summed E-state index contributed by atoms with van der Waals surface area (Å²) >= 11 is 0. The fourth-order valence-corrected chi connectivity index (χ4v) is 2.98. The van der Waals surface area contributed by atoms with Gasteiger partial charge in [-0.2, -0.15) is 18.2 Å². The minimum absolute atomic E-state index is 0.0954. The summed E-state index contributed by atoms with van der Waals surface area (Å²) in [7, 11) is 1.19. The molecule has 2 heterocycles. The quantitative estimate of drug-likeness (QED) is 0.459. The van der Waals surface area contributed by atoms with Gasteiger partial charge in [-0.3, -0.25) is 4.98 Å². The number of aliphatic hydroxyl groups excluding tert-OH is 1. The molecule has 170 valence electrons. The van der Waals surface area contributed by atoms with Crippen LogP contribution in [0, 0.1) is 5.92 Å². The molecular weight excluding hydrogens is 423 g/mol. The Hall–Kier alpha value is -3.40. The second-order valence-corrected chi connectivity index (χ2v) is 7.42. The van der Waals surface area contributed by atoms with Gasteiger partial charge in [-0.1, -0.05) is 13.8 Å². The van der Waals surface area contributed by atoms with Crippen LogP contribution in [0.2, 0.25) is 0 Å². The van der Waals surface area contributed by atoms with Crippen molar-refractivity contribution in [3.63, 3.8) is 0 Å². The first-order valence-corrected chi connectivity index (χ1v) is 9.90. The van der Waals surface area contributed by atoms with Crippen LogP contribution < -0.4 is 15.4 Å². The molecule has 3 aromatic rings. The highest BCUT2D eigenvalue weighted by atomic mass is 19.4. The molecule has 0 saturated carbocycles. The summed E-state index contributed by atoms with van der Waals surface area (Å²) in [6, 6.07) is 8.55. The largest absolute Gasteiger partial charge is 0.496 e. The lowest BCUT2D eigenvalue weighted by atomic mass is 10.1. The predicted octanol–water partition coefficient (Wildman–Crippen LogP) is 4.74. The number of anilines is 3. The Kier molecular flexibility index (Phi) is 7.14. The second-order valence-electron chi connectivity index (χ2n) is 7.42. The van der Waals surface area contributed by atoms with E-state index in [1.165, 1.54) is 19.2 Å². The number of ether oxygens (including phenoxy) is 1. The molecule has 0 fully saturated rings. The van der Waals surface area contributed by atoms with Gasteiger partial charge in [-0.05, 0) is 36.2 Å². The van der Waals surface area contributed by atoms with Crippen molar-refractivity contribution in [1.29, 1.82) is 0 Å². The van der Waals surface area contributed by atoms with Crippen LogP contribution in [0.4, 0.5) is 30.6 Å². The zero-order chi connectivity index (χ0) is 23.3. The molecule has 0 aliphatic carbocycles. The number of benzene rings is 1. The average molecular weight is 447 g/mol. The van der Waals surface area contributed by atoms with Crippen molar-refractivity contribution in [2.24, 2.45) is 5.92 Å². The monoisotopic (exact) mass is 447 g/mol. The lowest BCUT2D eigenvalue weighted by molar-refractivity contribution is -0.138. The summed E-state index contributed by atoms with van der Waals surface area (Å²) in [6.45, 7) is 3.75. The molecule has 0 bridgehead atoms. The molecule has 3 N–H and O–H groups in total. The van der Waals surface area contributed by atoms with Crippen LogP contribution in [0.3, 0.4) is 0 Å². The Balaban J connectivity index is 2.01. The van der Waals surface area contributed by atoms with Gasteiger partial charge < -0.3 is 20.5 Å². The van der Waals surface area contributed by atoms with E-state index in [1.807, 2.05) is 19.9 Å². The van der Waals surface area contributed by atoms with Crippen molar-refractivity contribution in [2.45, 2.75) is 26.1 Å². The second kappa shape index (κ2) is 9.82. The number of nitrogens with one attached hydrogen (secondary N) is 2. The first-order chi connectivity index (χ1) is 15.2. The third kappa shape index (κ3) is 5.64. The van der Waals surface area contributed by atoms with Crippen LogP contribution in [0.1, 0.15) is 19.4 Å². The Bertz CT molecular complexity index is 1050. The van der Waals surface area contributed by atoms with Crippen LogP contribution in [0.5, 0.6) is 5.75 Å². The molecule has 32 heavy (non-hydrogen) atoms. The number of pyridine rings is 1. The van der Waals surface area contributed by atoms with E-state index in [0.717, 1.165) is 6.07 Å². The number of halogens is 3. The SMILES string of the molecule is COc1ccc(Nc2cc(-c3cccnc3)nc(N[C@H](CO)C(C)C)n2)cc1C(F)(F)F. The van der Waals surface area contributed by atoms with Gasteiger partial charge in [-0.25, -0.2) is 4.98 Å². The first kappa shape index (κ1) is 23.3. The smallest absolute Gasteiger partial charge is 0.420 e. The topological polar surface area (TPSA) is 92.2 Å². The molecule has 3 rings (SSSR count). The zero-order valence-corrected chi connectivity index (χ0v) is 17.8. The van der Waals surface area contributed by atoms with Gasteiger partial charge in [0.1, 0.15) is 11.6 Å². The minimum Gasteiger partial charge on any atom is -0.496 e. The normalized spacial score (nSPS) is 12.5. The highest BCUT2D eigenvalue weighted by Gasteiger charge is 2.34. The summed E-state index contributed by atoms with van der Waals surface area (Å²) in [5, 5.41) is 15.6. The summed E-state index contributed by atoms with van der Waals surface area (Å²) in [5.74, 6) is 0.330. The molecule has 0 amide bonds. The van der Waals surface area contributed by atoms with Crippen LogP contribution in [-0.4, -0.2) is 39.8 Å². The average Bonchev–Trinajstić information content (AvgIpc) is 2.77. The number of alkyl halides is 3. The van der Waals surface area contributed by atoms with E-state index >= 15 is 0 Å². The molecular formula is C22H24F3N5O2. The van der Waals surface area contributed by atoms with Crippen LogP contribution in [-0.2, 0) is 6.18 Å². The summed E-state index contributed by atoms with van der Waals surface area (Å²) in [5.41, 5.74) is 0.507. The molecule has 0 aliphatic rings. The van der Waals surface area contributed by atoms with Gasteiger partial charge in [0.25, 0.3) is 0 Å². The maximum atomic E-state index is 13.4. The van der Waals surface area contributed by atoms with Crippen LogP contribution >= 0.6 is 0 Å². The lowest BCUT2D eigenvalue weighted by Crippen LogP contribution is -2.30. The van der Waals surface area contributed by atoms with E-state index in [9.17, 15) is 18.3 Å². The van der Waals surface area contributed by atoms with Gasteiger partial charge >= 0.3 is 6.18 Å². The lowest BCUT2D eigenvalue weighted by Gasteiger charge is -2.21. The number of aliphatic hydroxyl groups is 1. The predicted molar refractivity (Wildman–Crippen MR) is 116 cm³/mol. The maximum absolute atomic E-state index is 13.4. The van der Waals surface area contributed by atoms with Crippen LogP contribution in [0.25, 0.3) is 11.3 Å². The maximum Gasteiger partial charge on any atom is 0.420 e. The van der Waals surface area contributed by atoms with E-state index in [4.69, 9.17) is 4.74 Å². The highest BCUT2D eigenvalue weighted by Crippen LogP contribution is 2.38. The summed E-state index contributed by atoms with van der Waals surface area (Å²) in [4.78, 5) is 13.0. The molecule has 0 radical (unpaired) electrons. The Morgan fingerprint density at radius 2 is 1.91 bits per heavy atom. The molecule has 1 aromatic carbocycles. The number of aromatic nitrogens is 3. The van der Waals surface area contributed by atoms with E-state index in [0.29, 0.717) is 11.3 Å². The van der Waals surface area contributed by atoms with Crippen molar-refractivity contribution in [2.75, 3.05) is 24.4 Å². The van der Waals surface area contributed by atoms with Gasteiger partial charge in [0, 0.05) is 29.7 Å². The molecule has 0 aliphatic heterocycles. The van der Waals surface area contributed by atoms with E-state index in [1.54, 1.807) is 24.5 Å². The number of rotatable bonds is 8. The number of hydrogen-bond donors (Lipinski definition) is 3. The van der Waals surface area contributed by atoms with Gasteiger partial charge in [-0.15, -0.1) is 0 Å². The third-order valence-corrected chi connectivity index (χ3v) is 4.78. The van der Waals surface area contributed by atoms with Crippen molar-refractivity contribution in [3.8, 4) is 17.0 Å². The number of hydrogen-bond acceptors (Lipinski definition) is 7. The molecule has 1 atom stereocenters. The minimum atomic E-state index is -4.58. The highest BCUT2D eigenvalue weighted by molar-refractivity contribution is 5.67. The van der Waals surface area contributed by atoms with Gasteiger partial charge in [0.15, 0.2) is 0 Å². The molecule has 7 nitrogen and oxygen atoms in total. The summed E-state index contributed by atoms with van der Waals surface area (Å²) in [6.07, 6.45) is -1.33. The molecule has 0 unspecified atom stereocenters. The standard InChI is InChI=1S/C22H24F3N5O2/c1-13(2)18(12-31)29-21-28-17(14-5-4-8-26-11-14)10-20(30-21)27-15-6-7-19(32-3)16(9-15)22(23,24)25/h4-11,13,18,31H,12H2,1-3H3,(H2,27,28,29,30)/t18-/m1/s1. The molecule has 10 heteroatoms. The molecule has 2 aromatic heterocycles. The number of methoxy groups -OCH3 is 1. The van der Waals surface area contributed by atoms with E-state index in [-0.39, 0.29) is 41.8 Å². The van der Waals surface area contributed by atoms with E-state index < -0.39 is 11.7 Å². The molecule has 0 saturated heterocycles. The van der Waals surface area contributed by atoms with Crippen molar-refractivity contribution in [3.05, 3.63) is 54.4 Å². The Morgan fingerprint density at radius 3 is 2.50 bits per heavy atom. The molecule has 0 spiro atoms. The van der Waals surface area contributed by atoms with E-state index in [2.05, 4.69) is 25.6 Å². The number of nitrogens with zero attached hydrogens (tertiary/aromatic N) is 3. The van der Waals surface area contributed by atoms with Gasteiger partial charge in [0.05, 0.1) is 31.0 Å². The third-order valence-electron chi connectivity index (χ3n) is 4.78. The Labute approximate surface area is 183 Å². The summed E-state index contributed by atoms with van der Waals surface area (Å²) < 4.78 is 45.0. The fraction of sp³-hybridized carbons (Fsp3) is 0.318. The van der Waals surface area contributed by atoms with Crippen molar-refractivity contribution in [1.82, 2.24) is 15.0 Å². The fourth-order valence-electron chi connectivity index (χ4n) is 2.98. The van der Waals surface area contributed by atoms with Crippen molar-refractivity contribution < 1.29 is 23.0 Å².